The van der Waals surface area contributed by atoms with E-state index in [0.29, 0.717) is 50.9 Å². The minimum absolute atomic E-state index is 0.0488. The minimum atomic E-state index is -0.304. The SMILES string of the molecule is CC1CN(C(=O)CSCC(=O)N2CCOCC2)CC(C)(C)O1. The third-order valence-electron chi connectivity index (χ3n) is 3.74. The van der Waals surface area contributed by atoms with E-state index in [0.717, 1.165) is 0 Å². The molecule has 1 atom stereocenters. The molecule has 0 aromatic rings. The first-order chi connectivity index (χ1) is 10.4. The Morgan fingerprint density at radius 2 is 1.73 bits per heavy atom. The molecule has 0 saturated carbocycles. The monoisotopic (exact) mass is 330 g/mol. The van der Waals surface area contributed by atoms with E-state index in [1.807, 2.05) is 25.7 Å². The van der Waals surface area contributed by atoms with Crippen LogP contribution in [0.1, 0.15) is 20.8 Å². The predicted octanol–water partition coefficient (Wildman–Crippen LogP) is 0.604. The molecule has 6 nitrogen and oxygen atoms in total. The Hall–Kier alpha value is -0.790. The highest BCUT2D eigenvalue weighted by Crippen LogP contribution is 2.21. The zero-order valence-electron chi connectivity index (χ0n) is 13.7. The largest absolute Gasteiger partial charge is 0.378 e. The van der Waals surface area contributed by atoms with E-state index in [2.05, 4.69) is 0 Å². The van der Waals surface area contributed by atoms with Gasteiger partial charge in [-0.2, -0.15) is 0 Å². The molecule has 0 aliphatic carbocycles. The standard InChI is InChI=1S/C15H26N2O4S/c1-12-8-17(11-15(2,3)21-12)14(19)10-22-9-13(18)16-4-6-20-7-5-16/h12H,4-11H2,1-3H3. The van der Waals surface area contributed by atoms with Gasteiger partial charge in [-0.25, -0.2) is 0 Å². The van der Waals surface area contributed by atoms with Crippen LogP contribution in [0, 0.1) is 0 Å². The summed E-state index contributed by atoms with van der Waals surface area (Å²) in [7, 11) is 0. The van der Waals surface area contributed by atoms with Gasteiger partial charge in [-0.1, -0.05) is 0 Å². The number of amides is 2. The van der Waals surface area contributed by atoms with Crippen molar-refractivity contribution in [2.45, 2.75) is 32.5 Å². The number of rotatable bonds is 4. The van der Waals surface area contributed by atoms with Crippen molar-refractivity contribution in [1.29, 1.82) is 0 Å². The van der Waals surface area contributed by atoms with Gasteiger partial charge in [0.2, 0.25) is 11.8 Å². The van der Waals surface area contributed by atoms with Crippen LogP contribution in [-0.4, -0.2) is 84.2 Å². The molecule has 2 aliphatic rings. The molecule has 2 rings (SSSR count). The summed E-state index contributed by atoms with van der Waals surface area (Å²) >= 11 is 1.39. The molecule has 7 heteroatoms. The van der Waals surface area contributed by atoms with Crippen molar-refractivity contribution in [3.05, 3.63) is 0 Å². The van der Waals surface area contributed by atoms with E-state index in [1.54, 1.807) is 4.90 Å². The van der Waals surface area contributed by atoms with Crippen LogP contribution < -0.4 is 0 Å². The van der Waals surface area contributed by atoms with E-state index in [9.17, 15) is 9.59 Å². The summed E-state index contributed by atoms with van der Waals surface area (Å²) in [5.41, 5.74) is -0.304. The summed E-state index contributed by atoms with van der Waals surface area (Å²) in [6.07, 6.45) is 0.0488. The molecule has 2 aliphatic heterocycles. The van der Waals surface area contributed by atoms with Crippen LogP contribution in [0.15, 0.2) is 0 Å². The number of carbonyl (C=O) groups is 2. The molecule has 2 saturated heterocycles. The van der Waals surface area contributed by atoms with Crippen LogP contribution in [-0.2, 0) is 19.1 Å². The van der Waals surface area contributed by atoms with Crippen LogP contribution in [0.5, 0.6) is 0 Å². The second-order valence-electron chi connectivity index (χ2n) is 6.45. The average Bonchev–Trinajstić information content (AvgIpc) is 2.45. The topological polar surface area (TPSA) is 59.1 Å². The van der Waals surface area contributed by atoms with Crippen LogP contribution in [0.4, 0.5) is 0 Å². The number of thioether (sulfide) groups is 1. The maximum atomic E-state index is 12.3. The molecule has 0 aromatic carbocycles. The number of morpholine rings is 2. The van der Waals surface area contributed by atoms with Crippen molar-refractivity contribution in [3.63, 3.8) is 0 Å². The van der Waals surface area contributed by atoms with Crippen LogP contribution in [0.2, 0.25) is 0 Å². The Bertz CT molecular complexity index is 410. The lowest BCUT2D eigenvalue weighted by atomic mass is 10.1. The summed E-state index contributed by atoms with van der Waals surface area (Å²) in [6, 6.07) is 0. The molecule has 0 bridgehead atoms. The zero-order chi connectivity index (χ0) is 16.2. The maximum absolute atomic E-state index is 12.3. The zero-order valence-corrected chi connectivity index (χ0v) is 14.5. The van der Waals surface area contributed by atoms with Crippen molar-refractivity contribution >= 4 is 23.6 Å². The Kier molecular flexibility index (Phi) is 6.11. The molecule has 2 amide bonds. The Balaban J connectivity index is 1.72. The van der Waals surface area contributed by atoms with Crippen LogP contribution >= 0.6 is 11.8 Å². The molecule has 2 heterocycles. The average molecular weight is 330 g/mol. The maximum Gasteiger partial charge on any atom is 0.232 e. The van der Waals surface area contributed by atoms with E-state index < -0.39 is 0 Å². The van der Waals surface area contributed by atoms with Crippen molar-refractivity contribution in [2.75, 3.05) is 50.9 Å². The lowest BCUT2D eigenvalue weighted by molar-refractivity contribution is -0.155. The Morgan fingerprint density at radius 3 is 2.32 bits per heavy atom. The summed E-state index contributed by atoms with van der Waals surface area (Å²) in [4.78, 5) is 28.0. The van der Waals surface area contributed by atoms with Crippen molar-refractivity contribution in [1.82, 2.24) is 9.80 Å². The third-order valence-corrected chi connectivity index (χ3v) is 4.64. The highest BCUT2D eigenvalue weighted by atomic mass is 32.2. The van der Waals surface area contributed by atoms with Crippen LogP contribution in [0.3, 0.4) is 0 Å². The highest BCUT2D eigenvalue weighted by molar-refractivity contribution is 8.00. The molecule has 22 heavy (non-hydrogen) atoms. The molecular weight excluding hydrogens is 304 g/mol. The van der Waals surface area contributed by atoms with Gasteiger partial charge in [-0.3, -0.25) is 9.59 Å². The molecular formula is C15H26N2O4S. The normalized spacial score (nSPS) is 25.1. The predicted molar refractivity (Wildman–Crippen MR) is 85.9 cm³/mol. The number of carbonyl (C=O) groups excluding carboxylic acids is 2. The van der Waals surface area contributed by atoms with E-state index >= 15 is 0 Å². The summed E-state index contributed by atoms with van der Waals surface area (Å²) in [5, 5.41) is 0. The smallest absolute Gasteiger partial charge is 0.232 e. The number of hydrogen-bond acceptors (Lipinski definition) is 5. The fourth-order valence-corrected chi connectivity index (χ4v) is 3.68. The Labute approximate surface area is 136 Å². The number of ether oxygens (including phenoxy) is 2. The van der Waals surface area contributed by atoms with Gasteiger partial charge < -0.3 is 19.3 Å². The van der Waals surface area contributed by atoms with Crippen LogP contribution in [0.25, 0.3) is 0 Å². The molecule has 0 aromatic heterocycles. The van der Waals surface area contributed by atoms with E-state index in [-0.39, 0.29) is 23.5 Å². The first-order valence-electron chi connectivity index (χ1n) is 7.76. The minimum Gasteiger partial charge on any atom is -0.378 e. The fourth-order valence-electron chi connectivity index (χ4n) is 2.86. The second kappa shape index (κ2) is 7.66. The molecule has 1 unspecified atom stereocenters. The van der Waals surface area contributed by atoms with Gasteiger partial charge in [0.25, 0.3) is 0 Å². The summed E-state index contributed by atoms with van der Waals surface area (Å²) < 4.78 is 11.0. The van der Waals surface area contributed by atoms with Crippen molar-refractivity contribution < 1.29 is 19.1 Å². The summed E-state index contributed by atoms with van der Waals surface area (Å²) in [6.45, 7) is 9.73. The van der Waals surface area contributed by atoms with Crippen molar-refractivity contribution in [3.8, 4) is 0 Å². The van der Waals surface area contributed by atoms with Gasteiger partial charge in [-0.15, -0.1) is 11.8 Å². The first kappa shape index (κ1) is 17.6. The lowest BCUT2D eigenvalue weighted by Gasteiger charge is -2.41. The van der Waals surface area contributed by atoms with Crippen molar-refractivity contribution in [2.24, 2.45) is 0 Å². The number of nitrogens with zero attached hydrogens (tertiary/aromatic N) is 2. The van der Waals surface area contributed by atoms with E-state index in [4.69, 9.17) is 9.47 Å². The molecule has 0 spiro atoms. The van der Waals surface area contributed by atoms with Gasteiger partial charge in [0.1, 0.15) is 0 Å². The quantitative estimate of drug-likeness (QED) is 0.756. The van der Waals surface area contributed by atoms with Gasteiger partial charge in [0.05, 0.1) is 36.4 Å². The number of hydrogen-bond donors (Lipinski definition) is 0. The highest BCUT2D eigenvalue weighted by Gasteiger charge is 2.33. The fraction of sp³-hybridized carbons (Fsp3) is 0.867. The second-order valence-corrected chi connectivity index (χ2v) is 7.43. The Morgan fingerprint density at radius 1 is 1.14 bits per heavy atom. The van der Waals surface area contributed by atoms with Gasteiger partial charge in [0.15, 0.2) is 0 Å². The summed E-state index contributed by atoms with van der Waals surface area (Å²) in [5.74, 6) is 0.883. The van der Waals surface area contributed by atoms with Gasteiger partial charge in [0, 0.05) is 26.2 Å². The lowest BCUT2D eigenvalue weighted by Crippen LogP contribution is -2.54. The molecule has 0 radical (unpaired) electrons. The van der Waals surface area contributed by atoms with Gasteiger partial charge >= 0.3 is 0 Å². The van der Waals surface area contributed by atoms with E-state index in [1.165, 1.54) is 11.8 Å². The molecule has 0 N–H and O–H groups in total. The first-order valence-corrected chi connectivity index (χ1v) is 8.92. The molecule has 126 valence electrons. The third kappa shape index (κ3) is 5.14. The van der Waals surface area contributed by atoms with Gasteiger partial charge in [-0.05, 0) is 20.8 Å². The molecule has 2 fully saturated rings.